The minimum Gasteiger partial charge on any atom is -0.492 e. The Morgan fingerprint density at radius 2 is 2.06 bits per heavy atom. The Hall–Kier alpha value is -1.60. The largest absolute Gasteiger partial charge is 0.492 e. The third-order valence-corrected chi connectivity index (χ3v) is 2.09. The summed E-state index contributed by atoms with van der Waals surface area (Å²) in [7, 11) is 1.64. The van der Waals surface area contributed by atoms with Crippen LogP contribution in [0.1, 0.15) is 18.4 Å². The van der Waals surface area contributed by atoms with Crippen molar-refractivity contribution in [2.75, 3.05) is 20.3 Å². The predicted octanol–water partition coefficient (Wildman–Crippen LogP) is 2.50. The molecular weight excluding hydrogens is 209 g/mol. The minimum atomic E-state index is -0.545. The van der Waals surface area contributed by atoms with E-state index in [0.29, 0.717) is 19.0 Å². The molecule has 0 unspecified atom stereocenters. The Kier molecular flexibility index (Phi) is 5.30. The average molecular weight is 223 g/mol. The van der Waals surface area contributed by atoms with Crippen LogP contribution in [0, 0.1) is 17.1 Å². The quantitative estimate of drug-likeness (QED) is 0.696. The third kappa shape index (κ3) is 3.52. The zero-order valence-corrected chi connectivity index (χ0v) is 9.20. The van der Waals surface area contributed by atoms with Crippen LogP contribution in [0.2, 0.25) is 0 Å². The van der Waals surface area contributed by atoms with Gasteiger partial charge in [0, 0.05) is 13.7 Å². The lowest BCUT2D eigenvalue weighted by Gasteiger charge is -2.07. The first-order chi connectivity index (χ1) is 7.79. The molecule has 4 heteroatoms. The number of halogens is 1. The van der Waals surface area contributed by atoms with Crippen LogP contribution >= 0.6 is 0 Å². The van der Waals surface area contributed by atoms with Crippen molar-refractivity contribution in [2.24, 2.45) is 0 Å². The lowest BCUT2D eigenvalue weighted by Crippen LogP contribution is -2.01. The summed E-state index contributed by atoms with van der Waals surface area (Å²) in [6, 6.07) is 6.16. The molecule has 0 aliphatic carbocycles. The van der Waals surface area contributed by atoms with E-state index in [2.05, 4.69) is 0 Å². The number of unbranched alkanes of at least 4 members (excludes halogenated alkanes) is 1. The number of rotatable bonds is 6. The van der Waals surface area contributed by atoms with Crippen LogP contribution in [0.25, 0.3) is 0 Å². The first-order valence-electron chi connectivity index (χ1n) is 5.10. The maximum absolute atomic E-state index is 13.2. The van der Waals surface area contributed by atoms with Crippen molar-refractivity contribution in [1.29, 1.82) is 5.26 Å². The number of ether oxygens (including phenoxy) is 2. The van der Waals surface area contributed by atoms with E-state index in [9.17, 15) is 4.39 Å². The Balaban J connectivity index is 2.48. The molecule has 1 aromatic carbocycles. The topological polar surface area (TPSA) is 42.2 Å². The number of methoxy groups -OCH3 is 1. The molecule has 0 saturated heterocycles. The molecule has 3 nitrogen and oxygen atoms in total. The average Bonchev–Trinajstić information content (AvgIpc) is 2.29. The highest BCUT2D eigenvalue weighted by Crippen LogP contribution is 2.20. The second-order valence-electron chi connectivity index (χ2n) is 3.27. The Morgan fingerprint density at radius 3 is 2.75 bits per heavy atom. The Labute approximate surface area is 94.4 Å². The molecule has 0 saturated carbocycles. The Morgan fingerprint density at radius 1 is 1.31 bits per heavy atom. The van der Waals surface area contributed by atoms with Gasteiger partial charge in [-0.1, -0.05) is 6.07 Å². The van der Waals surface area contributed by atoms with E-state index < -0.39 is 5.82 Å². The summed E-state index contributed by atoms with van der Waals surface area (Å²) >= 11 is 0. The lowest BCUT2D eigenvalue weighted by atomic mass is 10.2. The SMILES string of the molecule is COCCCCOc1cccc(F)c1C#N. The van der Waals surface area contributed by atoms with Gasteiger partial charge in [0.1, 0.15) is 23.2 Å². The summed E-state index contributed by atoms with van der Waals surface area (Å²) in [5.41, 5.74) is -0.0331. The van der Waals surface area contributed by atoms with Crippen LogP contribution in [0.5, 0.6) is 5.75 Å². The van der Waals surface area contributed by atoms with E-state index >= 15 is 0 Å². The molecule has 86 valence electrons. The molecular formula is C12H14FNO2. The highest BCUT2D eigenvalue weighted by Gasteiger charge is 2.08. The summed E-state index contributed by atoms with van der Waals surface area (Å²) in [6.45, 7) is 1.14. The summed E-state index contributed by atoms with van der Waals surface area (Å²) in [4.78, 5) is 0. The molecule has 0 heterocycles. The Bertz CT molecular complexity index is 374. The minimum absolute atomic E-state index is 0.0331. The van der Waals surface area contributed by atoms with Gasteiger partial charge in [-0.3, -0.25) is 0 Å². The first-order valence-corrected chi connectivity index (χ1v) is 5.10. The molecule has 1 aromatic rings. The monoisotopic (exact) mass is 223 g/mol. The molecule has 0 atom stereocenters. The van der Waals surface area contributed by atoms with Crippen molar-refractivity contribution in [1.82, 2.24) is 0 Å². The number of benzene rings is 1. The fraction of sp³-hybridized carbons (Fsp3) is 0.417. The van der Waals surface area contributed by atoms with Crippen LogP contribution in [0.4, 0.5) is 4.39 Å². The van der Waals surface area contributed by atoms with Crippen LogP contribution in [-0.4, -0.2) is 20.3 Å². The second kappa shape index (κ2) is 6.81. The molecule has 0 aromatic heterocycles. The smallest absolute Gasteiger partial charge is 0.144 e. The molecule has 0 spiro atoms. The van der Waals surface area contributed by atoms with Gasteiger partial charge in [0.25, 0.3) is 0 Å². The van der Waals surface area contributed by atoms with E-state index in [1.165, 1.54) is 12.1 Å². The highest BCUT2D eigenvalue weighted by molar-refractivity contribution is 5.43. The number of nitriles is 1. The first kappa shape index (κ1) is 12.5. The van der Waals surface area contributed by atoms with Crippen molar-refractivity contribution in [3.63, 3.8) is 0 Å². The molecule has 0 N–H and O–H groups in total. The maximum atomic E-state index is 13.2. The van der Waals surface area contributed by atoms with E-state index in [4.69, 9.17) is 14.7 Å². The van der Waals surface area contributed by atoms with E-state index in [-0.39, 0.29) is 5.56 Å². The predicted molar refractivity (Wildman–Crippen MR) is 57.7 cm³/mol. The number of nitrogens with zero attached hydrogens (tertiary/aromatic N) is 1. The second-order valence-corrected chi connectivity index (χ2v) is 3.27. The molecule has 0 fully saturated rings. The summed E-state index contributed by atoms with van der Waals surface area (Å²) in [5.74, 6) is -0.239. The standard InChI is InChI=1S/C12H14FNO2/c1-15-7-2-3-8-16-12-6-4-5-11(13)10(12)9-14/h4-6H,2-3,7-8H2,1H3. The highest BCUT2D eigenvalue weighted by atomic mass is 19.1. The van der Waals surface area contributed by atoms with Gasteiger partial charge in [0.05, 0.1) is 6.61 Å². The van der Waals surface area contributed by atoms with Gasteiger partial charge in [-0.2, -0.15) is 5.26 Å². The summed E-state index contributed by atoms with van der Waals surface area (Å²) in [6.07, 6.45) is 1.70. The molecule has 0 amide bonds. The van der Waals surface area contributed by atoms with Crippen molar-refractivity contribution in [3.8, 4) is 11.8 Å². The summed E-state index contributed by atoms with van der Waals surface area (Å²) in [5, 5.41) is 8.75. The normalized spacial score (nSPS) is 9.81. The lowest BCUT2D eigenvalue weighted by molar-refractivity contribution is 0.184. The molecule has 0 radical (unpaired) electrons. The summed E-state index contributed by atoms with van der Waals surface area (Å²) < 4.78 is 23.4. The van der Waals surface area contributed by atoms with Gasteiger partial charge in [0.2, 0.25) is 0 Å². The van der Waals surface area contributed by atoms with Gasteiger partial charge in [-0.15, -0.1) is 0 Å². The molecule has 0 aliphatic heterocycles. The van der Waals surface area contributed by atoms with Crippen LogP contribution in [-0.2, 0) is 4.74 Å². The molecule has 0 aliphatic rings. The van der Waals surface area contributed by atoms with Crippen molar-refractivity contribution in [3.05, 3.63) is 29.6 Å². The molecule has 0 bridgehead atoms. The number of hydrogen-bond acceptors (Lipinski definition) is 3. The fourth-order valence-electron chi connectivity index (χ4n) is 1.26. The van der Waals surface area contributed by atoms with E-state index in [1.54, 1.807) is 19.2 Å². The van der Waals surface area contributed by atoms with Gasteiger partial charge in [-0.25, -0.2) is 4.39 Å². The van der Waals surface area contributed by atoms with Crippen molar-refractivity contribution in [2.45, 2.75) is 12.8 Å². The van der Waals surface area contributed by atoms with Crippen LogP contribution in [0.15, 0.2) is 18.2 Å². The number of hydrogen-bond donors (Lipinski definition) is 0. The third-order valence-electron chi connectivity index (χ3n) is 2.09. The van der Waals surface area contributed by atoms with E-state index in [0.717, 1.165) is 12.8 Å². The zero-order chi connectivity index (χ0) is 11.8. The zero-order valence-electron chi connectivity index (χ0n) is 9.20. The van der Waals surface area contributed by atoms with Crippen molar-refractivity contribution >= 4 is 0 Å². The van der Waals surface area contributed by atoms with Gasteiger partial charge in [-0.05, 0) is 25.0 Å². The van der Waals surface area contributed by atoms with Crippen molar-refractivity contribution < 1.29 is 13.9 Å². The van der Waals surface area contributed by atoms with Gasteiger partial charge >= 0.3 is 0 Å². The van der Waals surface area contributed by atoms with Gasteiger partial charge in [0.15, 0.2) is 0 Å². The van der Waals surface area contributed by atoms with E-state index in [1.807, 2.05) is 0 Å². The molecule has 16 heavy (non-hydrogen) atoms. The van der Waals surface area contributed by atoms with Gasteiger partial charge < -0.3 is 9.47 Å². The molecule has 1 rings (SSSR count). The van der Waals surface area contributed by atoms with Crippen LogP contribution in [0.3, 0.4) is 0 Å². The maximum Gasteiger partial charge on any atom is 0.144 e. The fourth-order valence-corrected chi connectivity index (χ4v) is 1.26. The van der Waals surface area contributed by atoms with Crippen LogP contribution < -0.4 is 4.74 Å².